The van der Waals surface area contributed by atoms with E-state index in [-0.39, 0.29) is 17.0 Å². The number of rotatable bonds is 4. The Kier molecular flexibility index (Phi) is 3.42. The Hall–Kier alpha value is -1.04. The van der Waals surface area contributed by atoms with Crippen molar-refractivity contribution in [2.24, 2.45) is 0 Å². The lowest BCUT2D eigenvalue weighted by atomic mass is 10.4. The molecule has 1 saturated carbocycles. The minimum Gasteiger partial charge on any atom is -0.477 e. The molecule has 1 aromatic heterocycles. The van der Waals surface area contributed by atoms with E-state index in [0.717, 1.165) is 12.8 Å². The number of hydrogen-bond donors (Lipinski definition) is 0. The summed E-state index contributed by atoms with van der Waals surface area (Å²) in [6.07, 6.45) is -3.26. The Morgan fingerprint density at radius 2 is 2.06 bits per heavy atom. The molecule has 1 aliphatic rings. The highest BCUT2D eigenvalue weighted by molar-refractivity contribution is 6.29. The maximum absolute atomic E-state index is 11.9. The Morgan fingerprint density at radius 1 is 1.35 bits per heavy atom. The van der Waals surface area contributed by atoms with Gasteiger partial charge in [-0.05, 0) is 12.8 Å². The highest BCUT2D eigenvalue weighted by atomic mass is 35.5. The van der Waals surface area contributed by atoms with Crippen LogP contribution < -0.4 is 4.74 Å². The van der Waals surface area contributed by atoms with Gasteiger partial charge in [-0.25, -0.2) is 4.98 Å². The predicted molar refractivity (Wildman–Crippen MR) is 55.2 cm³/mol. The summed E-state index contributed by atoms with van der Waals surface area (Å²) in [5, 5.41) is 0.198. The van der Waals surface area contributed by atoms with Crippen LogP contribution in [0.25, 0.3) is 0 Å². The minimum absolute atomic E-state index is 0.108. The predicted octanol–water partition coefficient (Wildman–Crippen LogP) is 3.34. The Balaban J connectivity index is 1.95. The standard InChI is InChI=1S/C10H10ClF3N2O/c11-7-5-8(17-4-3-10(12,13)14)16-9(15-7)6-1-2-6/h5-6H,1-4H2. The van der Waals surface area contributed by atoms with Crippen molar-refractivity contribution < 1.29 is 17.9 Å². The molecule has 0 radical (unpaired) electrons. The van der Waals surface area contributed by atoms with E-state index in [0.29, 0.717) is 5.82 Å². The molecule has 0 aliphatic heterocycles. The normalized spacial score (nSPS) is 16.0. The highest BCUT2D eigenvalue weighted by Crippen LogP contribution is 2.39. The Labute approximate surface area is 101 Å². The minimum atomic E-state index is -4.23. The van der Waals surface area contributed by atoms with Crippen LogP contribution in [0.5, 0.6) is 5.88 Å². The van der Waals surface area contributed by atoms with Gasteiger partial charge in [0.1, 0.15) is 11.0 Å². The highest BCUT2D eigenvalue weighted by Gasteiger charge is 2.28. The molecule has 2 rings (SSSR count). The quantitative estimate of drug-likeness (QED) is 0.784. The van der Waals surface area contributed by atoms with Crippen LogP contribution in [0.1, 0.15) is 31.0 Å². The summed E-state index contributed by atoms with van der Waals surface area (Å²) in [7, 11) is 0. The molecule has 1 heterocycles. The molecule has 0 aromatic carbocycles. The molecular formula is C10H10ClF3N2O. The zero-order chi connectivity index (χ0) is 12.5. The van der Waals surface area contributed by atoms with E-state index in [1.54, 1.807) is 0 Å². The lowest BCUT2D eigenvalue weighted by Crippen LogP contribution is -2.13. The summed E-state index contributed by atoms with van der Waals surface area (Å²) in [5.41, 5.74) is 0. The Morgan fingerprint density at radius 3 is 2.65 bits per heavy atom. The van der Waals surface area contributed by atoms with E-state index < -0.39 is 19.2 Å². The molecule has 3 nitrogen and oxygen atoms in total. The molecule has 0 saturated heterocycles. The number of alkyl halides is 3. The molecule has 0 amide bonds. The molecule has 0 spiro atoms. The van der Waals surface area contributed by atoms with Gasteiger partial charge in [-0.1, -0.05) is 11.6 Å². The molecule has 17 heavy (non-hydrogen) atoms. The fourth-order valence-corrected chi connectivity index (χ4v) is 1.46. The number of nitrogens with zero attached hydrogens (tertiary/aromatic N) is 2. The van der Waals surface area contributed by atoms with Gasteiger partial charge in [0.25, 0.3) is 0 Å². The fourth-order valence-electron chi connectivity index (χ4n) is 1.28. The van der Waals surface area contributed by atoms with E-state index in [9.17, 15) is 13.2 Å². The van der Waals surface area contributed by atoms with Crippen molar-refractivity contribution in [1.29, 1.82) is 0 Å². The molecule has 1 aliphatic carbocycles. The SMILES string of the molecule is FC(F)(F)CCOc1cc(Cl)nc(C2CC2)n1. The van der Waals surface area contributed by atoms with Gasteiger partial charge < -0.3 is 4.74 Å². The summed E-state index contributed by atoms with van der Waals surface area (Å²) < 4.78 is 40.7. The van der Waals surface area contributed by atoms with Crippen LogP contribution in [-0.2, 0) is 0 Å². The van der Waals surface area contributed by atoms with Crippen molar-refractivity contribution in [3.63, 3.8) is 0 Å². The van der Waals surface area contributed by atoms with E-state index >= 15 is 0 Å². The number of ether oxygens (including phenoxy) is 1. The molecular weight excluding hydrogens is 257 g/mol. The first kappa shape index (κ1) is 12.4. The molecule has 1 aromatic rings. The first-order valence-electron chi connectivity index (χ1n) is 5.18. The second-order valence-corrected chi connectivity index (χ2v) is 4.26. The summed E-state index contributed by atoms with van der Waals surface area (Å²) in [6.45, 7) is -0.457. The number of aromatic nitrogens is 2. The van der Waals surface area contributed by atoms with Crippen LogP contribution in [-0.4, -0.2) is 22.8 Å². The van der Waals surface area contributed by atoms with Gasteiger partial charge in [0.15, 0.2) is 0 Å². The van der Waals surface area contributed by atoms with Crippen LogP contribution in [0.15, 0.2) is 6.07 Å². The third-order valence-electron chi connectivity index (χ3n) is 2.27. The van der Waals surface area contributed by atoms with Gasteiger partial charge in [0.2, 0.25) is 5.88 Å². The third-order valence-corrected chi connectivity index (χ3v) is 2.46. The van der Waals surface area contributed by atoms with Crippen molar-refractivity contribution in [3.8, 4) is 5.88 Å². The maximum Gasteiger partial charge on any atom is 0.392 e. The Bertz CT molecular complexity index is 407. The average Bonchev–Trinajstić information content (AvgIpc) is 2.97. The van der Waals surface area contributed by atoms with E-state index in [4.69, 9.17) is 16.3 Å². The summed E-state index contributed by atoms with van der Waals surface area (Å²) in [6, 6.07) is 1.32. The maximum atomic E-state index is 11.9. The van der Waals surface area contributed by atoms with Crippen molar-refractivity contribution in [2.45, 2.75) is 31.4 Å². The summed E-state index contributed by atoms with van der Waals surface area (Å²) >= 11 is 5.74. The first-order valence-corrected chi connectivity index (χ1v) is 5.56. The number of halogens is 4. The van der Waals surface area contributed by atoms with Crippen LogP contribution in [0.3, 0.4) is 0 Å². The van der Waals surface area contributed by atoms with Crippen LogP contribution >= 0.6 is 11.6 Å². The average molecular weight is 267 g/mol. The van der Waals surface area contributed by atoms with Crippen LogP contribution in [0, 0.1) is 0 Å². The third kappa shape index (κ3) is 4.03. The second kappa shape index (κ2) is 4.68. The topological polar surface area (TPSA) is 35.0 Å². The van der Waals surface area contributed by atoms with Crippen LogP contribution in [0.2, 0.25) is 5.15 Å². The lowest BCUT2D eigenvalue weighted by molar-refractivity contribution is -0.139. The molecule has 0 bridgehead atoms. The van der Waals surface area contributed by atoms with Crippen LogP contribution in [0.4, 0.5) is 13.2 Å². The van der Waals surface area contributed by atoms with Gasteiger partial charge in [-0.2, -0.15) is 18.2 Å². The van der Waals surface area contributed by atoms with Gasteiger partial charge in [-0.3, -0.25) is 0 Å². The summed E-state index contributed by atoms with van der Waals surface area (Å²) in [4.78, 5) is 8.03. The van der Waals surface area contributed by atoms with Crippen molar-refractivity contribution >= 4 is 11.6 Å². The molecule has 0 N–H and O–H groups in total. The molecule has 1 fully saturated rings. The second-order valence-electron chi connectivity index (χ2n) is 3.88. The molecule has 94 valence electrons. The molecule has 0 unspecified atom stereocenters. The largest absolute Gasteiger partial charge is 0.477 e. The van der Waals surface area contributed by atoms with E-state index in [1.807, 2.05) is 0 Å². The smallest absolute Gasteiger partial charge is 0.392 e. The zero-order valence-corrected chi connectivity index (χ0v) is 9.55. The van der Waals surface area contributed by atoms with Gasteiger partial charge >= 0.3 is 6.18 Å². The van der Waals surface area contributed by atoms with Crippen molar-refractivity contribution in [1.82, 2.24) is 9.97 Å². The molecule has 7 heteroatoms. The van der Waals surface area contributed by atoms with Gasteiger partial charge in [0.05, 0.1) is 13.0 Å². The van der Waals surface area contributed by atoms with E-state index in [1.165, 1.54) is 6.07 Å². The summed E-state index contributed by atoms with van der Waals surface area (Å²) in [5.74, 6) is 0.939. The van der Waals surface area contributed by atoms with Crippen molar-refractivity contribution in [3.05, 3.63) is 17.0 Å². The van der Waals surface area contributed by atoms with Gasteiger partial charge in [0, 0.05) is 12.0 Å². The number of hydrogen-bond acceptors (Lipinski definition) is 3. The lowest BCUT2D eigenvalue weighted by Gasteiger charge is -2.08. The van der Waals surface area contributed by atoms with E-state index in [2.05, 4.69) is 9.97 Å². The van der Waals surface area contributed by atoms with Crippen molar-refractivity contribution in [2.75, 3.05) is 6.61 Å². The van der Waals surface area contributed by atoms with Gasteiger partial charge in [-0.15, -0.1) is 0 Å². The fraction of sp³-hybridized carbons (Fsp3) is 0.600. The zero-order valence-electron chi connectivity index (χ0n) is 8.80. The molecule has 0 atom stereocenters. The first-order chi connectivity index (χ1) is 7.94. The monoisotopic (exact) mass is 266 g/mol.